The van der Waals surface area contributed by atoms with E-state index in [-0.39, 0.29) is 5.82 Å². The van der Waals surface area contributed by atoms with E-state index in [0.29, 0.717) is 6.54 Å². The van der Waals surface area contributed by atoms with Crippen LogP contribution in [-0.4, -0.2) is 40.4 Å². The van der Waals surface area contributed by atoms with E-state index in [1.54, 1.807) is 12.4 Å². The Kier molecular flexibility index (Phi) is 7.37. The van der Waals surface area contributed by atoms with Crippen molar-refractivity contribution in [1.29, 1.82) is 0 Å². The highest BCUT2D eigenvalue weighted by molar-refractivity contribution is 5.79. The molecule has 2 aromatic rings. The molecule has 0 unspecified atom stereocenters. The molecule has 0 saturated heterocycles. The Morgan fingerprint density at radius 3 is 2.84 bits per heavy atom. The van der Waals surface area contributed by atoms with Crippen LogP contribution in [0.1, 0.15) is 30.8 Å². The third kappa shape index (κ3) is 5.85. The molecular weight excluding hydrogens is 319 g/mol. The minimum absolute atomic E-state index is 0.194. The Morgan fingerprint density at radius 1 is 1.28 bits per heavy atom. The van der Waals surface area contributed by atoms with E-state index < -0.39 is 0 Å². The van der Waals surface area contributed by atoms with Gasteiger partial charge in [0, 0.05) is 32.6 Å². The molecule has 136 valence electrons. The summed E-state index contributed by atoms with van der Waals surface area (Å²) in [4.78, 5) is 4.59. The molecule has 0 aliphatic rings. The lowest BCUT2D eigenvalue weighted by atomic mass is 10.1. The topological polar surface area (TPSA) is 67.1 Å². The van der Waals surface area contributed by atoms with Gasteiger partial charge in [-0.3, -0.25) is 4.99 Å². The number of hydrogen-bond acceptors (Lipinski definition) is 3. The second kappa shape index (κ2) is 9.76. The summed E-state index contributed by atoms with van der Waals surface area (Å²) in [6.07, 6.45) is 3.40. The molecule has 1 heterocycles. The zero-order chi connectivity index (χ0) is 18.1. The summed E-state index contributed by atoms with van der Waals surface area (Å²) < 4.78 is 15.2. The molecule has 0 fully saturated rings. The van der Waals surface area contributed by atoms with Crippen LogP contribution in [-0.2, 0) is 19.4 Å². The lowest BCUT2D eigenvalue weighted by Crippen LogP contribution is -2.39. The second-order valence-corrected chi connectivity index (χ2v) is 5.80. The smallest absolute Gasteiger partial charge is 0.191 e. The van der Waals surface area contributed by atoms with Crippen molar-refractivity contribution in [2.24, 2.45) is 4.99 Å². The van der Waals surface area contributed by atoms with Gasteiger partial charge in [0.2, 0.25) is 0 Å². The number of aliphatic imine (C=N–C) groups is 1. The fourth-order valence-corrected chi connectivity index (χ4v) is 2.60. The molecular formula is C18H27FN6. The van der Waals surface area contributed by atoms with Gasteiger partial charge in [0.1, 0.15) is 18.0 Å². The monoisotopic (exact) mass is 346 g/mol. The van der Waals surface area contributed by atoms with Gasteiger partial charge >= 0.3 is 0 Å². The first-order valence-electron chi connectivity index (χ1n) is 8.78. The summed E-state index contributed by atoms with van der Waals surface area (Å²) in [5, 5.41) is 14.6. The minimum Gasteiger partial charge on any atom is -0.357 e. The largest absolute Gasteiger partial charge is 0.357 e. The molecule has 0 bridgehead atoms. The summed E-state index contributed by atoms with van der Waals surface area (Å²) in [6.45, 7) is 9.01. The summed E-state index contributed by atoms with van der Waals surface area (Å²) in [6, 6.07) is 4.89. The summed E-state index contributed by atoms with van der Waals surface area (Å²) in [5.41, 5.74) is 2.09. The number of aromatic nitrogens is 3. The van der Waals surface area contributed by atoms with Crippen molar-refractivity contribution < 1.29 is 4.39 Å². The molecule has 7 heteroatoms. The van der Waals surface area contributed by atoms with E-state index in [0.717, 1.165) is 55.4 Å². The third-order valence-corrected chi connectivity index (χ3v) is 3.96. The number of aryl methyl sites for hydroxylation is 2. The molecule has 2 rings (SSSR count). The highest BCUT2D eigenvalue weighted by Gasteiger charge is 2.03. The lowest BCUT2D eigenvalue weighted by molar-refractivity contribution is 0.625. The van der Waals surface area contributed by atoms with Gasteiger partial charge in [-0.15, -0.1) is 10.2 Å². The van der Waals surface area contributed by atoms with Crippen LogP contribution in [0.5, 0.6) is 0 Å². The van der Waals surface area contributed by atoms with E-state index in [1.807, 2.05) is 24.5 Å². The average molecular weight is 346 g/mol. The van der Waals surface area contributed by atoms with E-state index in [4.69, 9.17) is 0 Å². The number of halogens is 1. The van der Waals surface area contributed by atoms with Crippen LogP contribution in [0.15, 0.2) is 29.5 Å². The van der Waals surface area contributed by atoms with Gasteiger partial charge in [-0.2, -0.15) is 0 Å². The standard InChI is InChI=1S/C18H27FN6/c1-4-17-24-23-13-25(17)11-10-22-18(20-5-2)21-9-8-15-6-7-16(19)12-14(15)3/h6-7,12-13H,4-5,8-11H2,1-3H3,(H2,20,21,22). The average Bonchev–Trinajstić information content (AvgIpc) is 3.04. The van der Waals surface area contributed by atoms with Crippen LogP contribution in [0.25, 0.3) is 0 Å². The van der Waals surface area contributed by atoms with Crippen molar-refractivity contribution in [2.45, 2.75) is 40.2 Å². The first kappa shape index (κ1) is 18.9. The van der Waals surface area contributed by atoms with Crippen molar-refractivity contribution >= 4 is 5.96 Å². The van der Waals surface area contributed by atoms with Crippen LogP contribution in [0, 0.1) is 12.7 Å². The fraction of sp³-hybridized carbons (Fsp3) is 0.500. The normalized spacial score (nSPS) is 11.6. The maximum atomic E-state index is 13.1. The van der Waals surface area contributed by atoms with Gasteiger partial charge in [0.15, 0.2) is 5.96 Å². The number of benzene rings is 1. The third-order valence-electron chi connectivity index (χ3n) is 3.96. The first-order valence-corrected chi connectivity index (χ1v) is 8.78. The fourth-order valence-electron chi connectivity index (χ4n) is 2.60. The van der Waals surface area contributed by atoms with Crippen molar-refractivity contribution in [2.75, 3.05) is 19.6 Å². The molecule has 0 spiro atoms. The highest BCUT2D eigenvalue weighted by Crippen LogP contribution is 2.10. The molecule has 1 aromatic carbocycles. The molecule has 0 atom stereocenters. The summed E-state index contributed by atoms with van der Waals surface area (Å²) >= 11 is 0. The van der Waals surface area contributed by atoms with Crippen LogP contribution in [0.3, 0.4) is 0 Å². The number of guanidine groups is 1. The maximum Gasteiger partial charge on any atom is 0.191 e. The number of nitrogens with zero attached hydrogens (tertiary/aromatic N) is 4. The van der Waals surface area contributed by atoms with Crippen LogP contribution < -0.4 is 10.6 Å². The van der Waals surface area contributed by atoms with Crippen molar-refractivity contribution in [3.63, 3.8) is 0 Å². The van der Waals surface area contributed by atoms with Gasteiger partial charge in [-0.25, -0.2) is 4.39 Å². The molecule has 1 aromatic heterocycles. The van der Waals surface area contributed by atoms with E-state index in [9.17, 15) is 4.39 Å². The van der Waals surface area contributed by atoms with Crippen molar-refractivity contribution in [3.05, 3.63) is 47.3 Å². The Bertz CT molecular complexity index is 695. The van der Waals surface area contributed by atoms with Crippen molar-refractivity contribution in [3.8, 4) is 0 Å². The predicted molar refractivity (Wildman–Crippen MR) is 98.2 cm³/mol. The van der Waals surface area contributed by atoms with Gasteiger partial charge in [-0.1, -0.05) is 13.0 Å². The molecule has 6 nitrogen and oxygen atoms in total. The van der Waals surface area contributed by atoms with E-state index in [1.165, 1.54) is 6.07 Å². The summed E-state index contributed by atoms with van der Waals surface area (Å²) in [5.74, 6) is 1.57. The Hall–Kier alpha value is -2.44. The molecule has 0 amide bonds. The Balaban J connectivity index is 1.85. The zero-order valence-electron chi connectivity index (χ0n) is 15.2. The molecule has 0 radical (unpaired) electrons. The molecule has 2 N–H and O–H groups in total. The number of nitrogens with one attached hydrogen (secondary N) is 2. The number of hydrogen-bond donors (Lipinski definition) is 2. The first-order chi connectivity index (χ1) is 12.1. The predicted octanol–water partition coefficient (Wildman–Crippen LogP) is 2.09. The molecule has 25 heavy (non-hydrogen) atoms. The van der Waals surface area contributed by atoms with Gasteiger partial charge in [0.25, 0.3) is 0 Å². The Morgan fingerprint density at radius 2 is 2.12 bits per heavy atom. The minimum atomic E-state index is -0.194. The van der Waals surface area contributed by atoms with E-state index >= 15 is 0 Å². The van der Waals surface area contributed by atoms with E-state index in [2.05, 4.69) is 32.7 Å². The lowest BCUT2D eigenvalue weighted by Gasteiger charge is -2.12. The van der Waals surface area contributed by atoms with Crippen LogP contribution in [0.2, 0.25) is 0 Å². The van der Waals surface area contributed by atoms with Gasteiger partial charge < -0.3 is 15.2 Å². The highest BCUT2D eigenvalue weighted by atomic mass is 19.1. The molecule has 0 saturated carbocycles. The van der Waals surface area contributed by atoms with Crippen LogP contribution in [0.4, 0.5) is 4.39 Å². The summed E-state index contributed by atoms with van der Waals surface area (Å²) in [7, 11) is 0. The molecule has 0 aliphatic carbocycles. The zero-order valence-corrected chi connectivity index (χ0v) is 15.2. The van der Waals surface area contributed by atoms with Crippen LogP contribution >= 0.6 is 0 Å². The quantitative estimate of drug-likeness (QED) is 0.567. The Labute approximate surface area is 148 Å². The van der Waals surface area contributed by atoms with Gasteiger partial charge in [-0.05, 0) is 43.5 Å². The number of rotatable bonds is 8. The molecule has 0 aliphatic heterocycles. The maximum absolute atomic E-state index is 13.1. The van der Waals surface area contributed by atoms with Crippen molar-refractivity contribution in [1.82, 2.24) is 25.4 Å². The SMILES string of the molecule is CCNC(=NCCc1ccc(F)cc1C)NCCn1cnnc1CC. The second-order valence-electron chi connectivity index (χ2n) is 5.80. The van der Waals surface area contributed by atoms with Gasteiger partial charge in [0.05, 0.1) is 0 Å².